The molecule has 1 aromatic heterocycles. The highest BCUT2D eigenvalue weighted by atomic mass is 16.3. The van der Waals surface area contributed by atoms with E-state index in [-0.39, 0.29) is 23.1 Å². The summed E-state index contributed by atoms with van der Waals surface area (Å²) in [4.78, 5) is 25.9. The van der Waals surface area contributed by atoms with Crippen LogP contribution in [0.15, 0.2) is 36.9 Å². The van der Waals surface area contributed by atoms with Gasteiger partial charge in [0.1, 0.15) is 5.75 Å². The number of anilines is 1. The van der Waals surface area contributed by atoms with Crippen LogP contribution in [-0.2, 0) is 4.79 Å². The molecule has 0 bridgehead atoms. The number of benzene rings is 1. The first-order valence-corrected chi connectivity index (χ1v) is 8.55. The first-order valence-electron chi connectivity index (χ1n) is 8.55. The summed E-state index contributed by atoms with van der Waals surface area (Å²) in [6.45, 7) is 6.55. The number of hydrogen-bond donors (Lipinski definition) is 3. The molecule has 2 heterocycles. The minimum Gasteiger partial charge on any atom is -0.507 e. The first-order chi connectivity index (χ1) is 12.5. The van der Waals surface area contributed by atoms with E-state index >= 15 is 0 Å². The first kappa shape index (κ1) is 17.7. The fourth-order valence-corrected chi connectivity index (χ4v) is 3.18. The number of aromatic nitrogens is 2. The van der Waals surface area contributed by atoms with Gasteiger partial charge in [-0.1, -0.05) is 6.58 Å². The Morgan fingerprint density at radius 1 is 1.35 bits per heavy atom. The number of phenols is 1. The molecule has 0 atom stereocenters. The van der Waals surface area contributed by atoms with Gasteiger partial charge in [-0.2, -0.15) is 5.10 Å². The van der Waals surface area contributed by atoms with Crippen molar-refractivity contribution < 1.29 is 14.7 Å². The summed E-state index contributed by atoms with van der Waals surface area (Å²) in [7, 11) is 0. The van der Waals surface area contributed by atoms with Gasteiger partial charge in [0.2, 0.25) is 5.91 Å². The van der Waals surface area contributed by atoms with E-state index in [9.17, 15) is 14.7 Å². The van der Waals surface area contributed by atoms with Gasteiger partial charge < -0.3 is 15.3 Å². The molecule has 7 heteroatoms. The molecular formula is C19H22N4O3. The van der Waals surface area contributed by atoms with Gasteiger partial charge in [-0.3, -0.25) is 14.7 Å². The van der Waals surface area contributed by atoms with Gasteiger partial charge >= 0.3 is 0 Å². The predicted molar refractivity (Wildman–Crippen MR) is 98.1 cm³/mol. The third-order valence-corrected chi connectivity index (χ3v) is 4.61. The number of aromatic amines is 1. The molecule has 0 spiro atoms. The van der Waals surface area contributed by atoms with E-state index in [4.69, 9.17) is 0 Å². The summed E-state index contributed by atoms with van der Waals surface area (Å²) >= 11 is 0. The van der Waals surface area contributed by atoms with Crippen molar-refractivity contribution >= 4 is 17.5 Å². The lowest BCUT2D eigenvalue weighted by Gasteiger charge is -2.31. The molecule has 1 aromatic carbocycles. The van der Waals surface area contributed by atoms with Crippen molar-refractivity contribution in [2.24, 2.45) is 0 Å². The standard InChI is InChI=1S/C19H22N4O3/c1-3-18(25)20-14-4-5-17(24)15(11-14)19(26)23-8-6-13(7-9-23)16-10-12(2)21-22-16/h3-5,10-11,13,24H,1,6-9H2,2H3,(H,20,25)(H,21,22). The van der Waals surface area contributed by atoms with Gasteiger partial charge in [0.15, 0.2) is 0 Å². The summed E-state index contributed by atoms with van der Waals surface area (Å²) in [5.74, 6) is -0.384. The highest BCUT2D eigenvalue weighted by Crippen LogP contribution is 2.29. The Hall–Kier alpha value is -3.09. The van der Waals surface area contributed by atoms with E-state index < -0.39 is 0 Å². The Bertz CT molecular complexity index is 835. The number of H-pyrrole nitrogens is 1. The van der Waals surface area contributed by atoms with Crippen LogP contribution in [0.2, 0.25) is 0 Å². The summed E-state index contributed by atoms with van der Waals surface area (Å²) in [6.07, 6.45) is 2.79. The lowest BCUT2D eigenvalue weighted by molar-refractivity contribution is -0.111. The molecule has 2 aromatic rings. The molecule has 1 saturated heterocycles. The number of carbonyl (C=O) groups is 2. The van der Waals surface area contributed by atoms with Crippen molar-refractivity contribution in [2.75, 3.05) is 18.4 Å². The molecule has 0 radical (unpaired) electrons. The van der Waals surface area contributed by atoms with Gasteiger partial charge in [-0.25, -0.2) is 0 Å². The van der Waals surface area contributed by atoms with Crippen LogP contribution in [0.4, 0.5) is 5.69 Å². The highest BCUT2D eigenvalue weighted by Gasteiger charge is 2.27. The zero-order valence-corrected chi connectivity index (χ0v) is 14.7. The Morgan fingerprint density at radius 2 is 2.08 bits per heavy atom. The summed E-state index contributed by atoms with van der Waals surface area (Å²) < 4.78 is 0. The minimum absolute atomic E-state index is 0.100. The number of likely N-dealkylation sites (tertiary alicyclic amines) is 1. The van der Waals surface area contributed by atoms with Gasteiger partial charge in [-0.15, -0.1) is 0 Å². The maximum atomic E-state index is 12.8. The molecule has 1 aliphatic heterocycles. The third-order valence-electron chi connectivity index (χ3n) is 4.61. The second-order valence-electron chi connectivity index (χ2n) is 6.47. The van der Waals surface area contributed by atoms with Gasteiger partial charge in [0.25, 0.3) is 5.91 Å². The van der Waals surface area contributed by atoms with E-state index in [0.717, 1.165) is 30.3 Å². The average Bonchev–Trinajstić information content (AvgIpc) is 3.09. The number of nitrogens with one attached hydrogen (secondary N) is 2. The Balaban J connectivity index is 1.69. The molecule has 7 nitrogen and oxygen atoms in total. The van der Waals surface area contributed by atoms with Crippen LogP contribution in [0.5, 0.6) is 5.75 Å². The van der Waals surface area contributed by atoms with Crippen LogP contribution in [-0.4, -0.2) is 45.1 Å². The Morgan fingerprint density at radius 3 is 2.69 bits per heavy atom. The zero-order valence-electron chi connectivity index (χ0n) is 14.7. The Labute approximate surface area is 151 Å². The molecule has 26 heavy (non-hydrogen) atoms. The lowest BCUT2D eigenvalue weighted by Crippen LogP contribution is -2.38. The minimum atomic E-state index is -0.371. The zero-order chi connectivity index (χ0) is 18.7. The number of aromatic hydroxyl groups is 1. The SMILES string of the molecule is C=CC(=O)Nc1ccc(O)c(C(=O)N2CCC(c3cc(C)[nH]n3)CC2)c1. The lowest BCUT2D eigenvalue weighted by atomic mass is 9.93. The van der Waals surface area contributed by atoms with E-state index in [0.29, 0.717) is 24.7 Å². The number of phenolic OH excluding ortho intramolecular Hbond substituents is 1. The smallest absolute Gasteiger partial charge is 0.257 e. The van der Waals surface area contributed by atoms with E-state index in [2.05, 4.69) is 22.1 Å². The number of nitrogens with zero attached hydrogens (tertiary/aromatic N) is 2. The fraction of sp³-hybridized carbons (Fsp3) is 0.316. The largest absolute Gasteiger partial charge is 0.507 e. The quantitative estimate of drug-likeness (QED) is 0.580. The van der Waals surface area contributed by atoms with Crippen LogP contribution in [0.1, 0.15) is 40.5 Å². The van der Waals surface area contributed by atoms with Crippen LogP contribution in [0.3, 0.4) is 0 Å². The number of hydrogen-bond acceptors (Lipinski definition) is 4. The van der Waals surface area contributed by atoms with Crippen molar-refractivity contribution in [2.45, 2.75) is 25.7 Å². The maximum absolute atomic E-state index is 12.8. The number of aryl methyl sites for hydroxylation is 1. The van der Waals surface area contributed by atoms with Crippen molar-refractivity contribution in [1.29, 1.82) is 0 Å². The van der Waals surface area contributed by atoms with Crippen molar-refractivity contribution in [3.05, 3.63) is 53.9 Å². The fourth-order valence-electron chi connectivity index (χ4n) is 3.18. The molecule has 3 N–H and O–H groups in total. The number of carbonyl (C=O) groups excluding carboxylic acids is 2. The molecule has 0 unspecified atom stereocenters. The third kappa shape index (κ3) is 3.77. The number of amides is 2. The van der Waals surface area contributed by atoms with Gasteiger partial charge in [0, 0.05) is 30.4 Å². The molecule has 2 amide bonds. The van der Waals surface area contributed by atoms with Crippen LogP contribution >= 0.6 is 0 Å². The molecular weight excluding hydrogens is 332 g/mol. The summed E-state index contributed by atoms with van der Waals surface area (Å²) in [6, 6.07) is 6.48. The topological polar surface area (TPSA) is 98.3 Å². The summed E-state index contributed by atoms with van der Waals surface area (Å²) in [5, 5.41) is 19.9. The van der Waals surface area contributed by atoms with Crippen molar-refractivity contribution in [1.82, 2.24) is 15.1 Å². The summed E-state index contributed by atoms with van der Waals surface area (Å²) in [5.41, 5.74) is 2.69. The second kappa shape index (κ2) is 7.43. The molecule has 0 aliphatic carbocycles. The van der Waals surface area contributed by atoms with Crippen LogP contribution in [0, 0.1) is 6.92 Å². The number of piperidine rings is 1. The second-order valence-corrected chi connectivity index (χ2v) is 6.47. The van der Waals surface area contributed by atoms with Crippen LogP contribution < -0.4 is 5.32 Å². The van der Waals surface area contributed by atoms with E-state index in [1.165, 1.54) is 12.1 Å². The molecule has 1 aliphatic rings. The number of rotatable bonds is 4. The highest BCUT2D eigenvalue weighted by molar-refractivity contribution is 6.02. The van der Waals surface area contributed by atoms with Crippen molar-refractivity contribution in [3.8, 4) is 5.75 Å². The normalized spacial score (nSPS) is 14.9. The van der Waals surface area contributed by atoms with E-state index in [1.807, 2.05) is 13.0 Å². The van der Waals surface area contributed by atoms with Gasteiger partial charge in [-0.05, 0) is 50.1 Å². The molecule has 136 valence electrons. The molecule has 0 saturated carbocycles. The monoisotopic (exact) mass is 354 g/mol. The van der Waals surface area contributed by atoms with Gasteiger partial charge in [0.05, 0.1) is 11.3 Å². The maximum Gasteiger partial charge on any atom is 0.257 e. The van der Waals surface area contributed by atoms with Crippen LogP contribution in [0.25, 0.3) is 0 Å². The molecule has 1 fully saturated rings. The predicted octanol–water partition coefficient (Wildman–Crippen LogP) is 2.57. The van der Waals surface area contributed by atoms with E-state index in [1.54, 1.807) is 11.0 Å². The molecule has 3 rings (SSSR count). The van der Waals surface area contributed by atoms with Crippen molar-refractivity contribution in [3.63, 3.8) is 0 Å². The average molecular weight is 354 g/mol. The Kier molecular flexibility index (Phi) is 5.06.